The van der Waals surface area contributed by atoms with Crippen molar-refractivity contribution >= 4 is 17.5 Å². The average molecular weight is 309 g/mol. The van der Waals surface area contributed by atoms with Crippen molar-refractivity contribution in [3.05, 3.63) is 80.9 Å². The maximum absolute atomic E-state index is 12.2. The van der Waals surface area contributed by atoms with Gasteiger partial charge in [-0.2, -0.15) is 0 Å². The number of hydrogen-bond acceptors (Lipinski definition) is 3. The molecule has 2 aromatic rings. The molecule has 0 unspecified atom stereocenters. The summed E-state index contributed by atoms with van der Waals surface area (Å²) < 4.78 is 0. The third-order valence-corrected chi connectivity index (χ3v) is 3.72. The quantitative estimate of drug-likeness (QED) is 0.341. The van der Waals surface area contributed by atoms with E-state index in [2.05, 4.69) is 13.8 Å². The zero-order valence-electron chi connectivity index (χ0n) is 13.4. The molecule has 0 radical (unpaired) electrons. The summed E-state index contributed by atoms with van der Waals surface area (Å²) in [6.45, 7) is 5.90. The SMILES string of the molecule is Cc1ccc(C(=O)C=Cc2ccc(C(C)C)cc2)cc1[N+](=O)[O-]. The Labute approximate surface area is 135 Å². The molecule has 0 amide bonds. The monoisotopic (exact) mass is 309 g/mol. The summed E-state index contributed by atoms with van der Waals surface area (Å²) in [7, 11) is 0. The van der Waals surface area contributed by atoms with E-state index in [4.69, 9.17) is 0 Å². The molecule has 4 heteroatoms. The summed E-state index contributed by atoms with van der Waals surface area (Å²) in [5, 5.41) is 10.9. The van der Waals surface area contributed by atoms with Crippen molar-refractivity contribution in [3.63, 3.8) is 0 Å². The van der Waals surface area contributed by atoms with E-state index < -0.39 is 4.92 Å². The fraction of sp³-hybridized carbons (Fsp3) is 0.211. The Morgan fingerprint density at radius 1 is 1.13 bits per heavy atom. The molecule has 0 atom stereocenters. The Morgan fingerprint density at radius 3 is 2.35 bits per heavy atom. The first kappa shape index (κ1) is 16.6. The number of nitro benzene ring substituents is 1. The van der Waals surface area contributed by atoms with E-state index in [9.17, 15) is 14.9 Å². The molecule has 2 rings (SSSR count). The van der Waals surface area contributed by atoms with Gasteiger partial charge in [0.15, 0.2) is 5.78 Å². The summed E-state index contributed by atoms with van der Waals surface area (Å²) in [4.78, 5) is 22.6. The molecular weight excluding hydrogens is 290 g/mol. The molecule has 0 fully saturated rings. The van der Waals surface area contributed by atoms with Gasteiger partial charge >= 0.3 is 0 Å². The van der Waals surface area contributed by atoms with Gasteiger partial charge in [-0.25, -0.2) is 0 Å². The lowest BCUT2D eigenvalue weighted by Crippen LogP contribution is -1.98. The van der Waals surface area contributed by atoms with Crippen LogP contribution in [0.25, 0.3) is 6.08 Å². The molecule has 0 aliphatic rings. The predicted octanol–water partition coefficient (Wildman–Crippen LogP) is 4.92. The van der Waals surface area contributed by atoms with Gasteiger partial charge in [0.05, 0.1) is 4.92 Å². The minimum absolute atomic E-state index is 0.0365. The normalized spacial score (nSPS) is 11.1. The highest BCUT2D eigenvalue weighted by Gasteiger charge is 2.13. The van der Waals surface area contributed by atoms with Crippen molar-refractivity contribution in [1.82, 2.24) is 0 Å². The number of ketones is 1. The van der Waals surface area contributed by atoms with Crippen LogP contribution >= 0.6 is 0 Å². The molecule has 0 saturated carbocycles. The third-order valence-electron chi connectivity index (χ3n) is 3.72. The second-order valence-electron chi connectivity index (χ2n) is 5.78. The number of nitro groups is 1. The van der Waals surface area contributed by atoms with E-state index in [-0.39, 0.29) is 11.5 Å². The van der Waals surface area contributed by atoms with Gasteiger partial charge in [0.2, 0.25) is 0 Å². The number of hydrogen-bond donors (Lipinski definition) is 0. The first-order chi connectivity index (χ1) is 10.9. The second kappa shape index (κ2) is 7.01. The van der Waals surface area contributed by atoms with Crippen LogP contribution in [0.3, 0.4) is 0 Å². The Balaban J connectivity index is 2.18. The van der Waals surface area contributed by atoms with Crippen LogP contribution in [0.4, 0.5) is 5.69 Å². The maximum atomic E-state index is 12.2. The van der Waals surface area contributed by atoms with Crippen LogP contribution in [-0.2, 0) is 0 Å². The maximum Gasteiger partial charge on any atom is 0.273 e. The summed E-state index contributed by atoms with van der Waals surface area (Å²) in [6, 6.07) is 12.5. The van der Waals surface area contributed by atoms with E-state index in [0.717, 1.165) is 5.56 Å². The number of nitrogens with zero attached hydrogens (tertiary/aromatic N) is 1. The molecule has 2 aromatic carbocycles. The van der Waals surface area contributed by atoms with Crippen LogP contribution in [0.1, 0.15) is 46.8 Å². The molecule has 0 aliphatic heterocycles. The van der Waals surface area contributed by atoms with Gasteiger partial charge < -0.3 is 0 Å². The van der Waals surface area contributed by atoms with Crippen LogP contribution in [0.2, 0.25) is 0 Å². The smallest absolute Gasteiger partial charge is 0.273 e. The zero-order valence-corrected chi connectivity index (χ0v) is 13.4. The standard InChI is InChI=1S/C19H19NO3/c1-13(2)16-9-5-15(6-10-16)7-11-19(21)17-8-4-14(3)18(12-17)20(22)23/h4-13H,1-3H3. The van der Waals surface area contributed by atoms with Crippen molar-refractivity contribution in [2.75, 3.05) is 0 Å². The summed E-state index contributed by atoms with van der Waals surface area (Å²) >= 11 is 0. The Bertz CT molecular complexity index is 759. The number of aryl methyl sites for hydroxylation is 1. The van der Waals surface area contributed by atoms with E-state index in [0.29, 0.717) is 17.0 Å². The lowest BCUT2D eigenvalue weighted by Gasteiger charge is -2.04. The number of rotatable bonds is 5. The highest BCUT2D eigenvalue weighted by atomic mass is 16.6. The van der Waals surface area contributed by atoms with Crippen molar-refractivity contribution in [3.8, 4) is 0 Å². The molecule has 118 valence electrons. The Morgan fingerprint density at radius 2 is 1.78 bits per heavy atom. The zero-order chi connectivity index (χ0) is 17.0. The van der Waals surface area contributed by atoms with E-state index >= 15 is 0 Å². The average Bonchev–Trinajstić information content (AvgIpc) is 2.53. The first-order valence-electron chi connectivity index (χ1n) is 7.46. The molecule has 23 heavy (non-hydrogen) atoms. The fourth-order valence-electron chi connectivity index (χ4n) is 2.22. The van der Waals surface area contributed by atoms with Crippen LogP contribution in [0, 0.1) is 17.0 Å². The van der Waals surface area contributed by atoms with Gasteiger partial charge in [0.1, 0.15) is 0 Å². The van der Waals surface area contributed by atoms with Gasteiger partial charge in [0, 0.05) is 17.2 Å². The Hall–Kier alpha value is -2.75. The molecule has 0 saturated heterocycles. The molecule has 0 N–H and O–H groups in total. The van der Waals surface area contributed by atoms with E-state index in [1.165, 1.54) is 17.7 Å². The van der Waals surface area contributed by atoms with Crippen molar-refractivity contribution in [2.45, 2.75) is 26.7 Å². The van der Waals surface area contributed by atoms with E-state index in [1.54, 1.807) is 25.1 Å². The Kier molecular flexibility index (Phi) is 5.06. The highest BCUT2D eigenvalue weighted by Crippen LogP contribution is 2.20. The summed E-state index contributed by atoms with van der Waals surface area (Å²) in [5.41, 5.74) is 2.98. The van der Waals surface area contributed by atoms with Gasteiger partial charge in [0.25, 0.3) is 5.69 Å². The predicted molar refractivity (Wildman–Crippen MR) is 91.7 cm³/mol. The number of carbonyl (C=O) groups is 1. The molecule has 0 heterocycles. The number of benzene rings is 2. The molecule has 4 nitrogen and oxygen atoms in total. The molecular formula is C19H19NO3. The number of allylic oxidation sites excluding steroid dienone is 1. The summed E-state index contributed by atoms with van der Waals surface area (Å²) in [5.74, 6) is 0.212. The molecule has 0 aromatic heterocycles. The van der Waals surface area contributed by atoms with Gasteiger partial charge in [-0.15, -0.1) is 0 Å². The lowest BCUT2D eigenvalue weighted by molar-refractivity contribution is -0.385. The van der Waals surface area contributed by atoms with Crippen molar-refractivity contribution < 1.29 is 9.72 Å². The van der Waals surface area contributed by atoms with Crippen molar-refractivity contribution in [2.24, 2.45) is 0 Å². The fourth-order valence-corrected chi connectivity index (χ4v) is 2.22. The van der Waals surface area contributed by atoms with Crippen LogP contribution in [0.15, 0.2) is 48.5 Å². The topological polar surface area (TPSA) is 60.2 Å². The lowest BCUT2D eigenvalue weighted by atomic mass is 10.0. The van der Waals surface area contributed by atoms with Gasteiger partial charge in [-0.1, -0.05) is 56.3 Å². The van der Waals surface area contributed by atoms with Crippen LogP contribution in [-0.4, -0.2) is 10.7 Å². The summed E-state index contributed by atoms with van der Waals surface area (Å²) in [6.07, 6.45) is 3.16. The van der Waals surface area contributed by atoms with E-state index in [1.807, 2.05) is 24.3 Å². The first-order valence-corrected chi connectivity index (χ1v) is 7.46. The third kappa shape index (κ3) is 4.13. The van der Waals surface area contributed by atoms with Crippen LogP contribution < -0.4 is 0 Å². The van der Waals surface area contributed by atoms with Gasteiger partial charge in [-0.05, 0) is 30.0 Å². The molecule has 0 spiro atoms. The number of carbonyl (C=O) groups excluding carboxylic acids is 1. The molecule has 0 aliphatic carbocycles. The second-order valence-corrected chi connectivity index (χ2v) is 5.78. The minimum atomic E-state index is -0.472. The highest BCUT2D eigenvalue weighted by molar-refractivity contribution is 6.07. The van der Waals surface area contributed by atoms with Crippen molar-refractivity contribution in [1.29, 1.82) is 0 Å². The van der Waals surface area contributed by atoms with Gasteiger partial charge in [-0.3, -0.25) is 14.9 Å². The molecule has 0 bridgehead atoms. The van der Waals surface area contributed by atoms with Crippen LogP contribution in [0.5, 0.6) is 0 Å². The largest absolute Gasteiger partial charge is 0.289 e. The minimum Gasteiger partial charge on any atom is -0.289 e.